The van der Waals surface area contributed by atoms with Gasteiger partial charge in [-0.2, -0.15) is 0 Å². The first-order valence-electron chi connectivity index (χ1n) is 3.88. The smallest absolute Gasteiger partial charge is 0.265 e. The molecule has 0 spiro atoms. The number of carbonyl (C=O) groups excluding carboxylic acids is 1. The Morgan fingerprint density at radius 2 is 2.17 bits per heavy atom. The van der Waals surface area contributed by atoms with E-state index >= 15 is 0 Å². The molecule has 3 heteroatoms. The van der Waals surface area contributed by atoms with Crippen LogP contribution in [0, 0.1) is 0 Å². The molecule has 12 heavy (non-hydrogen) atoms. The number of benzene rings is 1. The summed E-state index contributed by atoms with van der Waals surface area (Å²) in [5, 5.41) is 0. The monoisotopic (exact) mass is 164 g/mol. The number of hydrazine groups is 1. The minimum atomic E-state index is -0.229. The lowest BCUT2D eigenvalue weighted by atomic mass is 10.1. The molecule has 0 radical (unpaired) electrons. The molecule has 0 aliphatic carbocycles. The van der Waals surface area contributed by atoms with Gasteiger partial charge >= 0.3 is 0 Å². The second kappa shape index (κ2) is 3.88. The SMILES string of the molecule is CCc1ccccc1C(=O)NN. The Hall–Kier alpha value is -1.35. The first kappa shape index (κ1) is 8.74. The number of aryl methyl sites for hydroxylation is 1. The molecule has 0 atom stereocenters. The summed E-state index contributed by atoms with van der Waals surface area (Å²) in [6.45, 7) is 2.00. The van der Waals surface area contributed by atoms with E-state index in [-0.39, 0.29) is 5.91 Å². The van der Waals surface area contributed by atoms with Crippen LogP contribution in [0.2, 0.25) is 0 Å². The van der Waals surface area contributed by atoms with Gasteiger partial charge < -0.3 is 0 Å². The summed E-state index contributed by atoms with van der Waals surface area (Å²) in [6.07, 6.45) is 0.837. The lowest BCUT2D eigenvalue weighted by molar-refractivity contribution is 0.0953. The van der Waals surface area contributed by atoms with E-state index in [1.165, 1.54) is 0 Å². The number of rotatable bonds is 2. The summed E-state index contributed by atoms with van der Waals surface area (Å²) in [5.74, 6) is 4.80. The fourth-order valence-electron chi connectivity index (χ4n) is 1.13. The van der Waals surface area contributed by atoms with E-state index in [4.69, 9.17) is 5.84 Å². The first-order valence-corrected chi connectivity index (χ1v) is 3.88. The van der Waals surface area contributed by atoms with E-state index in [1.807, 2.05) is 25.1 Å². The maximum Gasteiger partial charge on any atom is 0.265 e. The third-order valence-electron chi connectivity index (χ3n) is 1.77. The van der Waals surface area contributed by atoms with E-state index < -0.39 is 0 Å². The zero-order valence-corrected chi connectivity index (χ0v) is 7.00. The number of hydrogen-bond acceptors (Lipinski definition) is 2. The molecule has 0 saturated carbocycles. The molecule has 1 aromatic rings. The molecule has 1 rings (SSSR count). The van der Waals surface area contributed by atoms with Gasteiger partial charge in [0.1, 0.15) is 0 Å². The van der Waals surface area contributed by atoms with Crippen molar-refractivity contribution in [3.63, 3.8) is 0 Å². The van der Waals surface area contributed by atoms with E-state index in [0.29, 0.717) is 5.56 Å². The van der Waals surface area contributed by atoms with Crippen LogP contribution in [0.3, 0.4) is 0 Å². The van der Waals surface area contributed by atoms with Crippen LogP contribution in [-0.2, 0) is 6.42 Å². The van der Waals surface area contributed by atoms with E-state index in [1.54, 1.807) is 6.07 Å². The van der Waals surface area contributed by atoms with Gasteiger partial charge in [0.15, 0.2) is 0 Å². The highest BCUT2D eigenvalue weighted by Gasteiger charge is 2.06. The number of carbonyl (C=O) groups is 1. The molecule has 0 fully saturated rings. The van der Waals surface area contributed by atoms with Crippen molar-refractivity contribution in [1.82, 2.24) is 5.43 Å². The molecule has 64 valence electrons. The summed E-state index contributed by atoms with van der Waals surface area (Å²) in [5.41, 5.74) is 3.79. The largest absolute Gasteiger partial charge is 0.290 e. The van der Waals surface area contributed by atoms with E-state index in [0.717, 1.165) is 12.0 Å². The van der Waals surface area contributed by atoms with Crippen LogP contribution < -0.4 is 11.3 Å². The van der Waals surface area contributed by atoms with Crippen molar-refractivity contribution in [2.75, 3.05) is 0 Å². The third-order valence-corrected chi connectivity index (χ3v) is 1.77. The minimum Gasteiger partial charge on any atom is -0.290 e. The maximum atomic E-state index is 11.2. The van der Waals surface area contributed by atoms with Crippen molar-refractivity contribution < 1.29 is 4.79 Å². The highest BCUT2D eigenvalue weighted by Crippen LogP contribution is 2.08. The Kier molecular flexibility index (Phi) is 2.82. The zero-order chi connectivity index (χ0) is 8.97. The highest BCUT2D eigenvalue weighted by molar-refractivity contribution is 5.95. The van der Waals surface area contributed by atoms with Crippen molar-refractivity contribution in [2.45, 2.75) is 13.3 Å². The van der Waals surface area contributed by atoms with Crippen LogP contribution in [0.5, 0.6) is 0 Å². The van der Waals surface area contributed by atoms with Crippen molar-refractivity contribution >= 4 is 5.91 Å². The summed E-state index contributed by atoms with van der Waals surface area (Å²) < 4.78 is 0. The molecule has 1 amide bonds. The average molecular weight is 164 g/mol. The molecule has 0 aliphatic heterocycles. The quantitative estimate of drug-likeness (QED) is 0.387. The number of nitrogens with two attached hydrogens (primary N) is 1. The molecule has 0 saturated heterocycles. The van der Waals surface area contributed by atoms with Crippen LogP contribution in [-0.4, -0.2) is 5.91 Å². The fraction of sp³-hybridized carbons (Fsp3) is 0.222. The predicted molar refractivity (Wildman–Crippen MR) is 47.5 cm³/mol. The molecular formula is C9H12N2O. The predicted octanol–water partition coefficient (Wildman–Crippen LogP) is 0.853. The van der Waals surface area contributed by atoms with Crippen LogP contribution in [0.4, 0.5) is 0 Å². The van der Waals surface area contributed by atoms with Gasteiger partial charge in [0.2, 0.25) is 0 Å². The Labute approximate surface area is 71.5 Å². The Morgan fingerprint density at radius 3 is 2.75 bits per heavy atom. The molecule has 0 aromatic heterocycles. The molecule has 3 nitrogen and oxygen atoms in total. The number of nitrogens with one attached hydrogen (secondary N) is 1. The summed E-state index contributed by atoms with van der Waals surface area (Å²) in [4.78, 5) is 11.2. The topological polar surface area (TPSA) is 55.1 Å². The van der Waals surface area contributed by atoms with Gasteiger partial charge in [0, 0.05) is 5.56 Å². The number of nitrogen functional groups attached to an aromatic ring is 1. The molecular weight excluding hydrogens is 152 g/mol. The zero-order valence-electron chi connectivity index (χ0n) is 7.00. The van der Waals surface area contributed by atoms with Gasteiger partial charge in [0.05, 0.1) is 0 Å². The van der Waals surface area contributed by atoms with Crippen molar-refractivity contribution in [1.29, 1.82) is 0 Å². The minimum absolute atomic E-state index is 0.229. The van der Waals surface area contributed by atoms with Crippen LogP contribution in [0.1, 0.15) is 22.8 Å². The number of amides is 1. The second-order valence-corrected chi connectivity index (χ2v) is 2.48. The van der Waals surface area contributed by atoms with Gasteiger partial charge in [-0.05, 0) is 18.1 Å². The third kappa shape index (κ3) is 1.62. The Morgan fingerprint density at radius 1 is 1.50 bits per heavy atom. The first-order chi connectivity index (χ1) is 5.79. The normalized spacial score (nSPS) is 9.50. The fourth-order valence-corrected chi connectivity index (χ4v) is 1.13. The van der Waals surface area contributed by atoms with Crippen molar-refractivity contribution in [3.05, 3.63) is 35.4 Å². The molecule has 0 bridgehead atoms. The van der Waals surface area contributed by atoms with Crippen molar-refractivity contribution in [2.24, 2.45) is 5.84 Å². The molecule has 3 N–H and O–H groups in total. The summed E-state index contributed by atoms with van der Waals surface area (Å²) >= 11 is 0. The van der Waals surface area contributed by atoms with Gasteiger partial charge in [-0.1, -0.05) is 25.1 Å². The van der Waals surface area contributed by atoms with Crippen LogP contribution in [0.15, 0.2) is 24.3 Å². The summed E-state index contributed by atoms with van der Waals surface area (Å²) in [6, 6.07) is 7.42. The Bertz CT molecular complexity index is 284. The van der Waals surface area contributed by atoms with Crippen molar-refractivity contribution in [3.8, 4) is 0 Å². The Balaban J connectivity index is 3.04. The average Bonchev–Trinajstić information content (AvgIpc) is 2.16. The van der Waals surface area contributed by atoms with Gasteiger partial charge in [-0.25, -0.2) is 5.84 Å². The van der Waals surface area contributed by atoms with Gasteiger partial charge in [-0.15, -0.1) is 0 Å². The highest BCUT2D eigenvalue weighted by atomic mass is 16.2. The molecule has 0 heterocycles. The lowest BCUT2D eigenvalue weighted by Gasteiger charge is -2.04. The van der Waals surface area contributed by atoms with E-state index in [2.05, 4.69) is 5.43 Å². The molecule has 0 aliphatic rings. The van der Waals surface area contributed by atoms with E-state index in [9.17, 15) is 4.79 Å². The van der Waals surface area contributed by atoms with Gasteiger partial charge in [0.25, 0.3) is 5.91 Å². The molecule has 1 aromatic carbocycles. The lowest BCUT2D eigenvalue weighted by Crippen LogP contribution is -2.30. The summed E-state index contributed by atoms with van der Waals surface area (Å²) in [7, 11) is 0. The standard InChI is InChI=1S/C9H12N2O/c1-2-7-5-3-4-6-8(7)9(12)11-10/h3-6H,2,10H2,1H3,(H,11,12). The second-order valence-electron chi connectivity index (χ2n) is 2.48. The molecule has 0 unspecified atom stereocenters. The van der Waals surface area contributed by atoms with Crippen LogP contribution in [0.25, 0.3) is 0 Å². The number of hydrogen-bond donors (Lipinski definition) is 2. The maximum absolute atomic E-state index is 11.2. The van der Waals surface area contributed by atoms with Crippen LogP contribution >= 0.6 is 0 Å². The van der Waals surface area contributed by atoms with Gasteiger partial charge in [-0.3, -0.25) is 10.2 Å².